The van der Waals surface area contributed by atoms with Gasteiger partial charge in [0, 0.05) is 49.0 Å². The molecular weight excluding hydrogens is 564 g/mol. The van der Waals surface area contributed by atoms with Crippen LogP contribution in [-0.2, 0) is 7.05 Å². The van der Waals surface area contributed by atoms with Crippen molar-refractivity contribution in [1.29, 1.82) is 0 Å². The second-order valence-electron chi connectivity index (χ2n) is 11.9. The number of para-hydroxylation sites is 1. The standard InChI is InChI=1S/C35H30N8O2/c1-20-28(33-36-15-8-16-42(33)39-20)34(44)38-21(2)32-31-27-17-26(41(27)4)25-14-13-23(12-11-22-18-37-40(3)19-22)29(30(25)31)35(45)43(32)24-9-6-5-7-10-24/h5-10,13-16,18-19,21,26-27H,17H2,1-4H3,(H,38,44)/t21-,26?,27?/m0/s1. The fourth-order valence-corrected chi connectivity index (χ4v) is 7.10. The lowest BCUT2D eigenvalue weighted by Gasteiger charge is -2.52. The Labute approximate surface area is 258 Å². The molecule has 2 bridgehead atoms. The van der Waals surface area contributed by atoms with Crippen LogP contribution in [0.1, 0.15) is 75.5 Å². The lowest BCUT2D eigenvalue weighted by Crippen LogP contribution is -2.47. The summed E-state index contributed by atoms with van der Waals surface area (Å²) < 4.78 is 5.09. The zero-order chi connectivity index (χ0) is 31.0. The van der Waals surface area contributed by atoms with Crippen molar-refractivity contribution in [1.82, 2.24) is 39.2 Å². The molecule has 0 radical (unpaired) electrons. The number of aromatic nitrogens is 6. The first-order chi connectivity index (χ1) is 21.8. The Hall–Kier alpha value is -5.53. The predicted molar refractivity (Wildman–Crippen MR) is 170 cm³/mol. The molecule has 2 unspecified atom stereocenters. The van der Waals surface area contributed by atoms with Gasteiger partial charge in [0.05, 0.1) is 34.6 Å². The molecule has 3 aliphatic rings. The topological polar surface area (TPSA) is 102 Å². The predicted octanol–water partition coefficient (Wildman–Crippen LogP) is 4.40. The Morgan fingerprint density at radius 1 is 1.04 bits per heavy atom. The lowest BCUT2D eigenvalue weighted by molar-refractivity contribution is 0.0360. The van der Waals surface area contributed by atoms with Crippen molar-refractivity contribution in [2.24, 2.45) is 7.05 Å². The normalized spacial score (nSPS) is 17.5. The van der Waals surface area contributed by atoms with Gasteiger partial charge < -0.3 is 5.32 Å². The number of fused-ring (bicyclic) bond motifs is 1. The van der Waals surface area contributed by atoms with Gasteiger partial charge in [0.15, 0.2) is 5.65 Å². The minimum absolute atomic E-state index is 0.0943. The average molecular weight is 595 g/mol. The molecule has 4 aromatic heterocycles. The molecule has 1 N–H and O–H groups in total. The van der Waals surface area contributed by atoms with E-state index in [0.29, 0.717) is 27.9 Å². The largest absolute Gasteiger partial charge is 0.344 e. The summed E-state index contributed by atoms with van der Waals surface area (Å²) in [7, 11) is 3.98. The van der Waals surface area contributed by atoms with Crippen LogP contribution in [0.5, 0.6) is 0 Å². The highest BCUT2D eigenvalue weighted by molar-refractivity contribution is 6.01. The van der Waals surface area contributed by atoms with E-state index in [0.717, 1.165) is 39.9 Å². The van der Waals surface area contributed by atoms with Crippen molar-refractivity contribution < 1.29 is 4.79 Å². The van der Waals surface area contributed by atoms with Crippen molar-refractivity contribution >= 4 is 22.3 Å². The third-order valence-electron chi connectivity index (χ3n) is 9.18. The minimum atomic E-state index is -0.522. The maximum atomic E-state index is 14.8. The molecule has 2 aliphatic heterocycles. The second kappa shape index (κ2) is 10.0. The van der Waals surface area contributed by atoms with Crippen molar-refractivity contribution in [2.45, 2.75) is 38.4 Å². The molecule has 9 rings (SSSR count). The van der Waals surface area contributed by atoms with Crippen molar-refractivity contribution in [2.75, 3.05) is 7.05 Å². The van der Waals surface area contributed by atoms with E-state index in [-0.39, 0.29) is 23.6 Å². The van der Waals surface area contributed by atoms with E-state index in [1.165, 1.54) is 0 Å². The van der Waals surface area contributed by atoms with E-state index < -0.39 is 6.04 Å². The van der Waals surface area contributed by atoms with Crippen LogP contribution in [0.15, 0.2) is 78.1 Å². The second-order valence-corrected chi connectivity index (χ2v) is 11.9. The molecule has 0 spiro atoms. The summed E-state index contributed by atoms with van der Waals surface area (Å²) in [6, 6.07) is 15.3. The Morgan fingerprint density at radius 3 is 2.62 bits per heavy atom. The molecule has 1 fully saturated rings. The Kier molecular flexibility index (Phi) is 6.01. The quantitative estimate of drug-likeness (QED) is 0.304. The summed E-state index contributed by atoms with van der Waals surface area (Å²) in [6.07, 6.45) is 7.94. The summed E-state index contributed by atoms with van der Waals surface area (Å²) in [4.78, 5) is 35.5. The van der Waals surface area contributed by atoms with Gasteiger partial charge in [-0.15, -0.1) is 0 Å². The minimum Gasteiger partial charge on any atom is -0.344 e. The first kappa shape index (κ1) is 27.0. The number of benzene rings is 2. The molecule has 6 aromatic rings. The molecule has 1 aliphatic carbocycles. The third kappa shape index (κ3) is 4.05. The highest BCUT2D eigenvalue weighted by Crippen LogP contribution is 2.56. The van der Waals surface area contributed by atoms with Gasteiger partial charge in [-0.3, -0.25) is 23.7 Å². The van der Waals surface area contributed by atoms with Gasteiger partial charge in [-0.05, 0) is 68.1 Å². The molecule has 45 heavy (non-hydrogen) atoms. The molecular formula is C35H30N8O2. The fourth-order valence-electron chi connectivity index (χ4n) is 7.10. The maximum Gasteiger partial charge on any atom is 0.264 e. The number of carbonyl (C=O) groups is 1. The monoisotopic (exact) mass is 594 g/mol. The molecule has 222 valence electrons. The lowest BCUT2D eigenvalue weighted by atomic mass is 9.72. The molecule has 2 aromatic carbocycles. The number of nitrogens with zero attached hydrogens (tertiary/aromatic N) is 7. The molecule has 3 atom stereocenters. The summed E-state index contributed by atoms with van der Waals surface area (Å²) in [5.41, 5.74) is 6.45. The van der Waals surface area contributed by atoms with Crippen LogP contribution in [0.4, 0.5) is 0 Å². The van der Waals surface area contributed by atoms with E-state index in [1.807, 2.05) is 56.6 Å². The van der Waals surface area contributed by atoms with E-state index in [2.05, 4.69) is 50.4 Å². The van der Waals surface area contributed by atoms with Gasteiger partial charge in [-0.25, -0.2) is 9.50 Å². The highest BCUT2D eigenvalue weighted by Gasteiger charge is 2.47. The first-order valence-electron chi connectivity index (χ1n) is 15.0. The molecule has 10 nitrogen and oxygen atoms in total. The molecule has 1 saturated heterocycles. The zero-order valence-electron chi connectivity index (χ0n) is 25.3. The van der Waals surface area contributed by atoms with E-state index in [1.54, 1.807) is 45.3 Å². The van der Waals surface area contributed by atoms with Gasteiger partial charge in [0.1, 0.15) is 5.56 Å². The fraction of sp³-hybridized carbons (Fsp3) is 0.229. The summed E-state index contributed by atoms with van der Waals surface area (Å²) in [5.74, 6) is 6.20. The maximum absolute atomic E-state index is 14.8. The summed E-state index contributed by atoms with van der Waals surface area (Å²) in [5, 5.41) is 13.5. The number of rotatable bonds is 4. The van der Waals surface area contributed by atoms with Crippen molar-refractivity contribution in [3.05, 3.63) is 123 Å². The van der Waals surface area contributed by atoms with Crippen LogP contribution >= 0.6 is 0 Å². The number of hydrogen-bond acceptors (Lipinski definition) is 6. The highest BCUT2D eigenvalue weighted by atomic mass is 16.2. The van der Waals surface area contributed by atoms with Crippen LogP contribution < -0.4 is 10.9 Å². The zero-order valence-corrected chi connectivity index (χ0v) is 25.3. The SMILES string of the molecule is Cc1nn2cccnc2c1C(=O)N[C@@H](C)c1c2c3c(ccc(C#Cc4cnn(C)c4)c3c(=O)n1-c1ccccc1)C1CC2N1C. The molecule has 0 saturated carbocycles. The Morgan fingerprint density at radius 2 is 1.87 bits per heavy atom. The summed E-state index contributed by atoms with van der Waals surface area (Å²) in [6.45, 7) is 3.75. The Balaban J connectivity index is 1.37. The van der Waals surface area contributed by atoms with E-state index >= 15 is 0 Å². The number of amides is 1. The number of nitrogens with one attached hydrogen (secondary N) is 1. The van der Waals surface area contributed by atoms with Crippen LogP contribution in [0, 0.1) is 18.8 Å². The smallest absolute Gasteiger partial charge is 0.264 e. The van der Waals surface area contributed by atoms with Crippen molar-refractivity contribution in [3.63, 3.8) is 0 Å². The van der Waals surface area contributed by atoms with Gasteiger partial charge in [-0.1, -0.05) is 36.1 Å². The van der Waals surface area contributed by atoms with Gasteiger partial charge in [0.25, 0.3) is 11.5 Å². The molecule has 10 heteroatoms. The molecule has 1 amide bonds. The van der Waals surface area contributed by atoms with E-state index in [9.17, 15) is 9.59 Å². The Bertz CT molecular complexity index is 2300. The molecule has 6 heterocycles. The van der Waals surface area contributed by atoms with E-state index in [4.69, 9.17) is 0 Å². The number of aryl methyl sites for hydroxylation is 2. The van der Waals surface area contributed by atoms with Crippen molar-refractivity contribution in [3.8, 4) is 17.5 Å². The van der Waals surface area contributed by atoms with Crippen LogP contribution in [-0.4, -0.2) is 46.8 Å². The first-order valence-corrected chi connectivity index (χ1v) is 15.0. The van der Waals surface area contributed by atoms with Crippen LogP contribution in [0.2, 0.25) is 0 Å². The average Bonchev–Trinajstić information content (AvgIpc) is 3.62. The number of carbonyl (C=O) groups excluding carboxylic acids is 1. The van der Waals surface area contributed by atoms with Crippen LogP contribution in [0.3, 0.4) is 0 Å². The van der Waals surface area contributed by atoms with Crippen LogP contribution in [0.25, 0.3) is 22.1 Å². The number of pyridine rings is 1. The third-order valence-corrected chi connectivity index (χ3v) is 9.18. The van der Waals surface area contributed by atoms with Gasteiger partial charge in [0.2, 0.25) is 0 Å². The number of hydrogen-bond donors (Lipinski definition) is 1. The summed E-state index contributed by atoms with van der Waals surface area (Å²) >= 11 is 0. The van der Waals surface area contributed by atoms with Gasteiger partial charge in [-0.2, -0.15) is 10.2 Å². The van der Waals surface area contributed by atoms with Gasteiger partial charge >= 0.3 is 0 Å².